The lowest BCUT2D eigenvalue weighted by Gasteiger charge is -2.14. The Bertz CT molecular complexity index is 405. The summed E-state index contributed by atoms with van der Waals surface area (Å²) in [5.41, 5.74) is 0. The van der Waals surface area contributed by atoms with Crippen molar-refractivity contribution < 1.29 is 13.9 Å². The van der Waals surface area contributed by atoms with Gasteiger partial charge in [-0.15, -0.1) is 0 Å². The van der Waals surface area contributed by atoms with E-state index in [0.717, 1.165) is 18.1 Å². The Hall–Kier alpha value is -1.51. The fraction of sp³-hybridized carbons (Fsp3) is 0.417. The monoisotopic (exact) mass is 204 g/mol. The molecule has 3 nitrogen and oxygen atoms in total. The normalized spacial score (nSPS) is 32.1. The Labute approximate surface area is 87.7 Å². The number of furan rings is 1. The first-order valence-corrected chi connectivity index (χ1v) is 5.24. The number of hydrogen-bond acceptors (Lipinski definition) is 3. The number of ether oxygens (including phenoxy) is 1. The van der Waals surface area contributed by atoms with Crippen LogP contribution in [0.5, 0.6) is 5.75 Å². The summed E-state index contributed by atoms with van der Waals surface area (Å²) in [5, 5.41) is 0. The lowest BCUT2D eigenvalue weighted by Crippen LogP contribution is -2.03. The third-order valence-electron chi connectivity index (χ3n) is 3.42. The van der Waals surface area contributed by atoms with Crippen LogP contribution in [0.4, 0.5) is 0 Å². The molecule has 2 bridgehead atoms. The van der Waals surface area contributed by atoms with E-state index < -0.39 is 0 Å². The van der Waals surface area contributed by atoms with E-state index in [-0.39, 0.29) is 0 Å². The lowest BCUT2D eigenvalue weighted by atomic mass is 9.91. The number of fused-ring (bicyclic) bond motifs is 2. The van der Waals surface area contributed by atoms with Crippen molar-refractivity contribution in [1.82, 2.24) is 0 Å². The predicted molar refractivity (Wildman–Crippen MR) is 53.5 cm³/mol. The van der Waals surface area contributed by atoms with Gasteiger partial charge in [0.15, 0.2) is 5.75 Å². The molecule has 0 N–H and O–H groups in total. The molecule has 0 radical (unpaired) electrons. The molecular formula is C12H12O3. The molecule has 2 aliphatic rings. The van der Waals surface area contributed by atoms with E-state index in [1.807, 2.05) is 6.07 Å². The van der Waals surface area contributed by atoms with Gasteiger partial charge < -0.3 is 9.15 Å². The Kier molecular flexibility index (Phi) is 1.91. The van der Waals surface area contributed by atoms with E-state index in [0.29, 0.717) is 24.1 Å². The highest BCUT2D eigenvalue weighted by Gasteiger charge is 2.38. The highest BCUT2D eigenvalue weighted by atomic mass is 16.5. The van der Waals surface area contributed by atoms with E-state index in [4.69, 9.17) is 9.15 Å². The minimum atomic E-state index is 0.426. The van der Waals surface area contributed by atoms with Crippen LogP contribution in [-0.4, -0.2) is 6.47 Å². The van der Waals surface area contributed by atoms with Crippen LogP contribution in [0.1, 0.15) is 24.5 Å². The van der Waals surface area contributed by atoms with Crippen LogP contribution < -0.4 is 4.74 Å². The van der Waals surface area contributed by atoms with Crippen LogP contribution in [0.2, 0.25) is 0 Å². The van der Waals surface area contributed by atoms with Gasteiger partial charge in [-0.3, -0.25) is 4.79 Å². The van der Waals surface area contributed by atoms with Gasteiger partial charge in [-0.1, -0.05) is 12.2 Å². The molecule has 15 heavy (non-hydrogen) atoms. The molecule has 3 heteroatoms. The fourth-order valence-corrected chi connectivity index (χ4v) is 2.75. The highest BCUT2D eigenvalue weighted by molar-refractivity contribution is 5.44. The van der Waals surface area contributed by atoms with Gasteiger partial charge in [0.2, 0.25) is 0 Å². The maximum Gasteiger partial charge on any atom is 0.298 e. The van der Waals surface area contributed by atoms with E-state index in [2.05, 4.69) is 12.2 Å². The number of hydrogen-bond donors (Lipinski definition) is 0. The second-order valence-electron chi connectivity index (χ2n) is 4.29. The van der Waals surface area contributed by atoms with Crippen molar-refractivity contribution >= 4 is 6.47 Å². The van der Waals surface area contributed by atoms with E-state index in [1.165, 1.54) is 12.7 Å². The zero-order valence-electron chi connectivity index (χ0n) is 8.26. The Morgan fingerprint density at radius 2 is 2.33 bits per heavy atom. The first kappa shape index (κ1) is 8.77. The third kappa shape index (κ3) is 1.39. The Morgan fingerprint density at radius 1 is 1.40 bits per heavy atom. The van der Waals surface area contributed by atoms with Crippen molar-refractivity contribution in [3.05, 3.63) is 30.2 Å². The van der Waals surface area contributed by atoms with Crippen LogP contribution in [0, 0.1) is 11.8 Å². The summed E-state index contributed by atoms with van der Waals surface area (Å²) in [6.45, 7) is 0.426. The molecule has 3 atom stereocenters. The first-order valence-electron chi connectivity index (χ1n) is 5.24. The van der Waals surface area contributed by atoms with Crippen LogP contribution >= 0.6 is 0 Å². The van der Waals surface area contributed by atoms with Crippen molar-refractivity contribution in [2.24, 2.45) is 11.8 Å². The summed E-state index contributed by atoms with van der Waals surface area (Å²) in [5.74, 6) is 3.27. The van der Waals surface area contributed by atoms with Crippen LogP contribution in [0.15, 0.2) is 28.9 Å². The third-order valence-corrected chi connectivity index (χ3v) is 3.42. The molecule has 0 saturated heterocycles. The molecule has 0 unspecified atom stereocenters. The van der Waals surface area contributed by atoms with Gasteiger partial charge in [0, 0.05) is 12.0 Å². The van der Waals surface area contributed by atoms with Gasteiger partial charge in [0.25, 0.3) is 6.47 Å². The zero-order chi connectivity index (χ0) is 10.3. The van der Waals surface area contributed by atoms with Crippen molar-refractivity contribution in [2.45, 2.75) is 18.8 Å². The smallest absolute Gasteiger partial charge is 0.298 e. The SMILES string of the molecule is O=COc1coc([C@H]2C[C@H]3C=C[C@H]2C3)c1. The summed E-state index contributed by atoms with van der Waals surface area (Å²) in [4.78, 5) is 10.2. The number of carbonyl (C=O) groups excluding carboxylic acids is 1. The largest absolute Gasteiger partial charge is 0.465 e. The fourth-order valence-electron chi connectivity index (χ4n) is 2.75. The van der Waals surface area contributed by atoms with Crippen LogP contribution in [0.3, 0.4) is 0 Å². The summed E-state index contributed by atoms with van der Waals surface area (Å²) >= 11 is 0. The Balaban J connectivity index is 1.81. The molecular weight excluding hydrogens is 192 g/mol. The topological polar surface area (TPSA) is 39.4 Å². The quantitative estimate of drug-likeness (QED) is 0.561. The molecule has 0 aliphatic heterocycles. The van der Waals surface area contributed by atoms with E-state index in [1.54, 1.807) is 0 Å². The van der Waals surface area contributed by atoms with E-state index >= 15 is 0 Å². The maximum absolute atomic E-state index is 10.2. The summed E-state index contributed by atoms with van der Waals surface area (Å²) in [7, 11) is 0. The number of rotatable bonds is 3. The van der Waals surface area contributed by atoms with Crippen molar-refractivity contribution in [1.29, 1.82) is 0 Å². The summed E-state index contributed by atoms with van der Waals surface area (Å²) in [6.07, 6.45) is 8.48. The molecule has 1 aromatic rings. The maximum atomic E-state index is 10.2. The average Bonchev–Trinajstić information content (AvgIpc) is 2.91. The molecule has 1 fully saturated rings. The van der Waals surface area contributed by atoms with Gasteiger partial charge in [-0.25, -0.2) is 0 Å². The van der Waals surface area contributed by atoms with Gasteiger partial charge in [0.05, 0.1) is 0 Å². The first-order chi connectivity index (χ1) is 7.36. The van der Waals surface area contributed by atoms with Gasteiger partial charge >= 0.3 is 0 Å². The second kappa shape index (κ2) is 3.26. The highest BCUT2D eigenvalue weighted by Crippen LogP contribution is 2.49. The predicted octanol–water partition coefficient (Wildman–Crippen LogP) is 2.49. The van der Waals surface area contributed by atoms with Crippen LogP contribution in [0.25, 0.3) is 0 Å². The molecule has 0 spiro atoms. The number of carbonyl (C=O) groups is 1. The van der Waals surface area contributed by atoms with Crippen molar-refractivity contribution in [3.8, 4) is 5.75 Å². The Morgan fingerprint density at radius 3 is 3.00 bits per heavy atom. The minimum absolute atomic E-state index is 0.426. The van der Waals surface area contributed by atoms with Gasteiger partial charge in [-0.2, -0.15) is 0 Å². The summed E-state index contributed by atoms with van der Waals surface area (Å²) in [6, 6.07) is 1.83. The molecule has 3 rings (SSSR count). The minimum Gasteiger partial charge on any atom is -0.465 e. The van der Waals surface area contributed by atoms with Crippen molar-refractivity contribution in [3.63, 3.8) is 0 Å². The van der Waals surface area contributed by atoms with Gasteiger partial charge in [0.1, 0.15) is 12.0 Å². The van der Waals surface area contributed by atoms with Crippen molar-refractivity contribution in [2.75, 3.05) is 0 Å². The molecule has 2 aliphatic carbocycles. The van der Waals surface area contributed by atoms with E-state index in [9.17, 15) is 4.79 Å². The average molecular weight is 204 g/mol. The zero-order valence-corrected chi connectivity index (χ0v) is 8.26. The lowest BCUT2D eigenvalue weighted by molar-refractivity contribution is -0.120. The van der Waals surface area contributed by atoms with Crippen LogP contribution in [-0.2, 0) is 4.79 Å². The van der Waals surface area contributed by atoms with Gasteiger partial charge in [-0.05, 0) is 24.7 Å². The standard InChI is InChI=1S/C12H12O3/c13-7-15-10-5-12(14-6-10)11-4-8-1-2-9(11)3-8/h1-2,5-9,11H,3-4H2/t8-,9-,11-/m0/s1. The molecule has 1 heterocycles. The molecule has 1 aromatic heterocycles. The molecule has 1 saturated carbocycles. The second-order valence-corrected chi connectivity index (χ2v) is 4.29. The molecule has 0 aromatic carbocycles. The summed E-state index contributed by atoms with van der Waals surface area (Å²) < 4.78 is 10.2. The molecule has 78 valence electrons. The molecule has 0 amide bonds. The number of allylic oxidation sites excluding steroid dienone is 2.